The van der Waals surface area contributed by atoms with Crippen LogP contribution >= 0.6 is 33.5 Å². The Bertz CT molecular complexity index is 301. The number of hydrogen-bond acceptors (Lipinski definition) is 6. The summed E-state index contributed by atoms with van der Waals surface area (Å²) >= 11 is 1.57. The third-order valence-corrected chi connectivity index (χ3v) is 5.54. The molecule has 4 nitrogen and oxygen atoms in total. The minimum absolute atomic E-state index is 0.0892. The quantitative estimate of drug-likeness (QED) is 0.189. The third-order valence-electron chi connectivity index (χ3n) is 1.31. The fourth-order valence-electron chi connectivity index (χ4n) is 0.722. The van der Waals surface area contributed by atoms with E-state index < -0.39 is 6.09 Å². The molecule has 0 rings (SSSR count). The molecule has 0 saturated heterocycles. The van der Waals surface area contributed by atoms with Crippen LogP contribution in [-0.4, -0.2) is 32.5 Å². The lowest BCUT2D eigenvalue weighted by Gasteiger charge is -2.20. The third kappa shape index (κ3) is 9.96. The molecule has 0 saturated carbocycles. The van der Waals surface area contributed by atoms with Gasteiger partial charge in [0.15, 0.2) is 0 Å². The van der Waals surface area contributed by atoms with Crippen molar-refractivity contribution in [3.8, 4) is 0 Å². The molecule has 0 aromatic carbocycles. The van der Waals surface area contributed by atoms with Crippen molar-refractivity contribution in [2.75, 3.05) is 7.05 Å². The van der Waals surface area contributed by atoms with Crippen molar-refractivity contribution >= 4 is 44.7 Å². The van der Waals surface area contributed by atoms with Crippen LogP contribution in [0.1, 0.15) is 41.5 Å². The average molecular weight is 311 g/mol. The molecule has 0 aliphatic carbocycles. The van der Waals surface area contributed by atoms with Crippen molar-refractivity contribution in [2.45, 2.75) is 51.5 Å². The maximum atomic E-state index is 11.6. The van der Waals surface area contributed by atoms with E-state index in [9.17, 15) is 4.79 Å². The molecule has 0 atom stereocenters. The maximum absolute atomic E-state index is 11.6. The second-order valence-corrected chi connectivity index (χ2v) is 9.71. The Morgan fingerprint density at radius 3 is 2.33 bits per heavy atom. The van der Waals surface area contributed by atoms with Crippen LogP contribution < -0.4 is 0 Å². The molecule has 0 aliphatic heterocycles. The van der Waals surface area contributed by atoms with Gasteiger partial charge in [0.05, 0.1) is 0 Å². The minimum Gasteiger partial charge on any atom is -0.296 e. The zero-order chi connectivity index (χ0) is 14.3. The summed E-state index contributed by atoms with van der Waals surface area (Å²) in [6.07, 6.45) is -0.458. The molecule has 18 heavy (non-hydrogen) atoms. The Hall–Kier alpha value is -0.0100. The van der Waals surface area contributed by atoms with Gasteiger partial charge < -0.3 is 0 Å². The highest BCUT2D eigenvalue weighted by Gasteiger charge is 2.17. The summed E-state index contributed by atoms with van der Waals surface area (Å²) in [5, 5.41) is 4.97. The Morgan fingerprint density at radius 1 is 1.33 bits per heavy atom. The van der Waals surface area contributed by atoms with Gasteiger partial charge in [-0.3, -0.25) is 4.84 Å². The second kappa shape index (κ2) is 8.22. The monoisotopic (exact) mass is 310 g/mol. The molecule has 0 N–H and O–H groups in total. The smallest absolute Gasteiger partial charge is 0.296 e. The Morgan fingerprint density at radius 2 is 1.89 bits per heavy atom. The number of carbonyl (C=O) groups is 1. The van der Waals surface area contributed by atoms with E-state index >= 15 is 0 Å². The topological polar surface area (TPSA) is 41.9 Å². The fraction of sp³-hybridized carbons (Fsp3) is 0.818. The molecular formula is C11H22N2O2S3. The molecule has 0 bridgehead atoms. The van der Waals surface area contributed by atoms with E-state index in [-0.39, 0.29) is 4.75 Å². The zero-order valence-electron chi connectivity index (χ0n) is 12.0. The first-order chi connectivity index (χ1) is 8.11. The van der Waals surface area contributed by atoms with Crippen molar-refractivity contribution in [1.82, 2.24) is 4.31 Å². The van der Waals surface area contributed by atoms with E-state index in [1.165, 1.54) is 15.3 Å². The van der Waals surface area contributed by atoms with Gasteiger partial charge >= 0.3 is 6.09 Å². The summed E-state index contributed by atoms with van der Waals surface area (Å²) in [4.78, 5) is 16.5. The van der Waals surface area contributed by atoms with Crippen LogP contribution in [0.5, 0.6) is 0 Å². The largest absolute Gasteiger partial charge is 0.446 e. The van der Waals surface area contributed by atoms with Crippen LogP contribution in [0.4, 0.5) is 4.79 Å². The molecule has 0 spiro atoms. The van der Waals surface area contributed by atoms with Crippen molar-refractivity contribution in [2.24, 2.45) is 5.16 Å². The van der Waals surface area contributed by atoms with Gasteiger partial charge in [0.2, 0.25) is 0 Å². The summed E-state index contributed by atoms with van der Waals surface area (Å²) in [6, 6.07) is 0. The molecule has 0 aromatic heterocycles. The van der Waals surface area contributed by atoms with Gasteiger partial charge in [-0.05, 0) is 6.92 Å². The lowest BCUT2D eigenvalue weighted by molar-refractivity contribution is 0.137. The summed E-state index contributed by atoms with van der Waals surface area (Å²) < 4.78 is 1.53. The number of oxime groups is 1. The van der Waals surface area contributed by atoms with Crippen molar-refractivity contribution < 1.29 is 9.63 Å². The molecular weight excluding hydrogens is 288 g/mol. The van der Waals surface area contributed by atoms with E-state index in [0.29, 0.717) is 5.25 Å². The van der Waals surface area contributed by atoms with Crippen LogP contribution in [0.3, 0.4) is 0 Å². The van der Waals surface area contributed by atoms with Gasteiger partial charge in [-0.1, -0.05) is 50.6 Å². The normalized spacial score (nSPS) is 12.8. The average Bonchev–Trinajstić information content (AvgIpc) is 2.20. The molecule has 0 unspecified atom stereocenters. The highest BCUT2D eigenvalue weighted by Crippen LogP contribution is 2.36. The minimum atomic E-state index is -0.458. The van der Waals surface area contributed by atoms with E-state index in [1.54, 1.807) is 29.6 Å². The van der Waals surface area contributed by atoms with E-state index in [1.807, 2.05) is 6.92 Å². The number of thioether (sulfide) groups is 1. The van der Waals surface area contributed by atoms with Gasteiger partial charge in [0.25, 0.3) is 0 Å². The van der Waals surface area contributed by atoms with Crippen molar-refractivity contribution in [3.05, 3.63) is 0 Å². The predicted octanol–water partition coefficient (Wildman–Crippen LogP) is 4.62. The highest BCUT2D eigenvalue weighted by atomic mass is 33.1. The van der Waals surface area contributed by atoms with Gasteiger partial charge in [-0.2, -0.15) is 0 Å². The van der Waals surface area contributed by atoms with Crippen LogP contribution in [0.15, 0.2) is 5.16 Å². The van der Waals surface area contributed by atoms with Crippen molar-refractivity contribution in [3.63, 3.8) is 0 Å². The summed E-state index contributed by atoms with van der Waals surface area (Å²) in [7, 11) is 4.63. The second-order valence-electron chi connectivity index (χ2n) is 4.90. The summed E-state index contributed by atoms with van der Waals surface area (Å²) in [5.74, 6) is 0. The van der Waals surface area contributed by atoms with Crippen LogP contribution in [0.25, 0.3) is 0 Å². The maximum Gasteiger partial charge on any atom is 0.446 e. The molecule has 7 heteroatoms. The molecule has 106 valence electrons. The first-order valence-corrected chi connectivity index (χ1v) is 8.62. The molecule has 1 amide bonds. The SMILES string of the molecule is CC(=NOC(=O)N(C)SSC(C)(C)C)SC(C)C. The number of rotatable bonds is 4. The fourth-order valence-corrected chi connectivity index (χ4v) is 3.10. The van der Waals surface area contributed by atoms with Gasteiger partial charge in [0.1, 0.15) is 5.04 Å². The molecule has 0 heterocycles. The zero-order valence-corrected chi connectivity index (χ0v) is 14.5. The van der Waals surface area contributed by atoms with Gasteiger partial charge in [-0.15, -0.1) is 11.8 Å². The molecule has 0 radical (unpaired) electrons. The first-order valence-electron chi connectivity index (χ1n) is 5.63. The Balaban J connectivity index is 4.09. The Kier molecular flexibility index (Phi) is 8.21. The molecule has 0 aliphatic rings. The van der Waals surface area contributed by atoms with Gasteiger partial charge in [-0.25, -0.2) is 9.10 Å². The standard InChI is InChI=1S/C11H22N2O2S3/c1-8(2)16-9(3)12-15-10(14)13(7)18-17-11(4,5)6/h8H,1-7H3. The predicted molar refractivity (Wildman–Crippen MR) is 85.0 cm³/mol. The number of hydrogen-bond donors (Lipinski definition) is 0. The van der Waals surface area contributed by atoms with Crippen LogP contribution in [0.2, 0.25) is 0 Å². The summed E-state index contributed by atoms with van der Waals surface area (Å²) in [5.41, 5.74) is 0. The van der Waals surface area contributed by atoms with Crippen LogP contribution in [-0.2, 0) is 4.84 Å². The summed E-state index contributed by atoms with van der Waals surface area (Å²) in [6.45, 7) is 12.2. The lowest BCUT2D eigenvalue weighted by Crippen LogP contribution is -2.19. The lowest BCUT2D eigenvalue weighted by atomic mass is 10.3. The van der Waals surface area contributed by atoms with Gasteiger partial charge in [0, 0.05) is 28.0 Å². The van der Waals surface area contributed by atoms with E-state index in [0.717, 1.165) is 5.04 Å². The highest BCUT2D eigenvalue weighted by molar-refractivity contribution is 8.76. The number of amides is 1. The number of carbonyl (C=O) groups excluding carboxylic acids is 1. The Labute approximate surface area is 122 Å². The van der Waals surface area contributed by atoms with E-state index in [2.05, 4.69) is 39.8 Å². The number of nitrogens with zero attached hydrogens (tertiary/aromatic N) is 2. The van der Waals surface area contributed by atoms with Crippen molar-refractivity contribution in [1.29, 1.82) is 0 Å². The molecule has 0 aromatic rings. The van der Waals surface area contributed by atoms with E-state index in [4.69, 9.17) is 4.84 Å². The molecule has 0 fully saturated rings. The first kappa shape index (κ1) is 18.0. The van der Waals surface area contributed by atoms with Crippen LogP contribution in [0, 0.1) is 0 Å².